The quantitative estimate of drug-likeness (QED) is 0.799. The Balaban J connectivity index is 2.11. The molecule has 0 saturated heterocycles. The van der Waals surface area contributed by atoms with E-state index in [0.29, 0.717) is 17.7 Å². The average Bonchev–Trinajstić information content (AvgIpc) is 2.78. The maximum absolute atomic E-state index is 12.1. The fraction of sp³-hybridized carbons (Fsp3) is 0.500. The van der Waals surface area contributed by atoms with Gasteiger partial charge in [0.05, 0.1) is 17.5 Å². The lowest BCUT2D eigenvalue weighted by Crippen LogP contribution is -2.34. The Morgan fingerprint density at radius 3 is 2.62 bits per heavy atom. The summed E-state index contributed by atoms with van der Waals surface area (Å²) in [6.45, 7) is 5.10. The molecule has 1 atom stereocenters. The van der Waals surface area contributed by atoms with Crippen molar-refractivity contribution in [3.63, 3.8) is 0 Å². The summed E-state index contributed by atoms with van der Waals surface area (Å²) in [5, 5.41) is 2.63. The predicted octanol–water partition coefficient (Wildman–Crippen LogP) is 1.08. The first-order valence-corrected chi connectivity index (χ1v) is 9.53. The van der Waals surface area contributed by atoms with Crippen LogP contribution in [-0.2, 0) is 26.0 Å². The normalized spacial score (nSPS) is 16.9. The highest BCUT2D eigenvalue weighted by molar-refractivity contribution is 7.92. The minimum Gasteiger partial charge on any atom is -0.452 e. The third-order valence-electron chi connectivity index (χ3n) is 3.61. The molecular formula is C16H22N2O5S. The van der Waals surface area contributed by atoms with Gasteiger partial charge in [0.25, 0.3) is 5.91 Å². The average molecular weight is 354 g/mol. The Hall–Kier alpha value is -2.09. The summed E-state index contributed by atoms with van der Waals surface area (Å²) in [6.07, 6.45) is 1.69. The number of sulfonamides is 1. The fourth-order valence-electron chi connectivity index (χ4n) is 2.81. The molecule has 132 valence electrons. The zero-order chi connectivity index (χ0) is 18.1. The Morgan fingerprint density at radius 1 is 1.38 bits per heavy atom. The molecule has 1 aliphatic rings. The maximum Gasteiger partial charge on any atom is 0.338 e. The van der Waals surface area contributed by atoms with E-state index in [-0.39, 0.29) is 24.6 Å². The fourth-order valence-corrected chi connectivity index (χ4v) is 4.08. The molecule has 24 heavy (non-hydrogen) atoms. The highest BCUT2D eigenvalue weighted by atomic mass is 32.2. The van der Waals surface area contributed by atoms with Gasteiger partial charge in [-0.05, 0) is 51.0 Å². The molecule has 2 rings (SSSR count). The largest absolute Gasteiger partial charge is 0.452 e. The van der Waals surface area contributed by atoms with Crippen LogP contribution >= 0.6 is 0 Å². The van der Waals surface area contributed by atoms with Crippen LogP contribution in [0.5, 0.6) is 0 Å². The van der Waals surface area contributed by atoms with Crippen LogP contribution in [0.15, 0.2) is 18.2 Å². The van der Waals surface area contributed by atoms with Gasteiger partial charge in [0, 0.05) is 12.1 Å². The molecule has 1 N–H and O–H groups in total. The molecule has 7 nitrogen and oxygen atoms in total. The van der Waals surface area contributed by atoms with E-state index in [1.165, 1.54) is 10.4 Å². The molecular weight excluding hydrogens is 332 g/mol. The summed E-state index contributed by atoms with van der Waals surface area (Å²) in [5.41, 5.74) is 1.65. The van der Waals surface area contributed by atoms with Crippen LogP contribution in [0, 0.1) is 0 Å². The van der Waals surface area contributed by atoms with Gasteiger partial charge < -0.3 is 10.1 Å². The van der Waals surface area contributed by atoms with Gasteiger partial charge in [0.15, 0.2) is 6.61 Å². The molecule has 0 aromatic heterocycles. The van der Waals surface area contributed by atoms with E-state index in [9.17, 15) is 18.0 Å². The molecule has 1 aromatic carbocycles. The van der Waals surface area contributed by atoms with Crippen LogP contribution in [0.3, 0.4) is 0 Å². The number of nitrogens with zero attached hydrogens (tertiary/aromatic N) is 1. The Morgan fingerprint density at radius 2 is 2.04 bits per heavy atom. The van der Waals surface area contributed by atoms with E-state index in [1.54, 1.807) is 12.1 Å². The van der Waals surface area contributed by atoms with E-state index in [0.717, 1.165) is 11.8 Å². The molecule has 1 amide bonds. The lowest BCUT2D eigenvalue weighted by molar-refractivity contribution is -0.124. The zero-order valence-corrected chi connectivity index (χ0v) is 15.0. The minimum absolute atomic E-state index is 0.0281. The van der Waals surface area contributed by atoms with Gasteiger partial charge in [0.2, 0.25) is 10.0 Å². The molecule has 1 aliphatic heterocycles. The molecule has 0 unspecified atom stereocenters. The van der Waals surface area contributed by atoms with Gasteiger partial charge in [-0.2, -0.15) is 0 Å². The van der Waals surface area contributed by atoms with Crippen molar-refractivity contribution in [2.45, 2.75) is 39.3 Å². The van der Waals surface area contributed by atoms with Gasteiger partial charge in [-0.15, -0.1) is 0 Å². The van der Waals surface area contributed by atoms with Gasteiger partial charge in [0.1, 0.15) is 0 Å². The van der Waals surface area contributed by atoms with Crippen molar-refractivity contribution >= 4 is 27.6 Å². The highest BCUT2D eigenvalue weighted by Gasteiger charge is 2.32. The van der Waals surface area contributed by atoms with Crippen molar-refractivity contribution < 1.29 is 22.7 Å². The van der Waals surface area contributed by atoms with E-state index < -0.39 is 16.0 Å². The third-order valence-corrected chi connectivity index (χ3v) is 4.88. The molecule has 1 heterocycles. The number of rotatable bonds is 5. The van der Waals surface area contributed by atoms with E-state index in [2.05, 4.69) is 5.32 Å². The summed E-state index contributed by atoms with van der Waals surface area (Å²) in [6, 6.07) is 4.51. The van der Waals surface area contributed by atoms with Gasteiger partial charge in [-0.3, -0.25) is 9.10 Å². The van der Waals surface area contributed by atoms with Crippen molar-refractivity contribution in [1.29, 1.82) is 0 Å². The number of esters is 1. The first kappa shape index (κ1) is 18.3. The van der Waals surface area contributed by atoms with Gasteiger partial charge in [-0.25, -0.2) is 13.2 Å². The van der Waals surface area contributed by atoms with Crippen LogP contribution in [0.25, 0.3) is 0 Å². The van der Waals surface area contributed by atoms with Crippen molar-refractivity contribution in [2.24, 2.45) is 0 Å². The molecule has 0 bridgehead atoms. The number of ether oxygens (including phenoxy) is 1. The zero-order valence-electron chi connectivity index (χ0n) is 14.2. The second-order valence-corrected chi connectivity index (χ2v) is 8.11. The van der Waals surface area contributed by atoms with Crippen LogP contribution in [0.2, 0.25) is 0 Å². The van der Waals surface area contributed by atoms with Crippen molar-refractivity contribution in [2.75, 3.05) is 17.2 Å². The number of anilines is 1. The monoisotopic (exact) mass is 354 g/mol. The van der Waals surface area contributed by atoms with Crippen molar-refractivity contribution in [1.82, 2.24) is 5.32 Å². The number of carbonyl (C=O) groups is 2. The Kier molecular flexibility index (Phi) is 5.17. The lowest BCUT2D eigenvalue weighted by atomic mass is 10.1. The maximum atomic E-state index is 12.1. The smallest absolute Gasteiger partial charge is 0.338 e. The number of hydrogen-bond donors (Lipinski definition) is 1. The summed E-state index contributed by atoms with van der Waals surface area (Å²) in [7, 11) is -3.37. The minimum atomic E-state index is -3.37. The highest BCUT2D eigenvalue weighted by Crippen LogP contribution is 2.34. The summed E-state index contributed by atoms with van der Waals surface area (Å²) < 4.78 is 30.1. The predicted molar refractivity (Wildman–Crippen MR) is 90.5 cm³/mol. The summed E-state index contributed by atoms with van der Waals surface area (Å²) in [4.78, 5) is 23.6. The number of benzene rings is 1. The molecule has 0 spiro atoms. The molecule has 0 aliphatic carbocycles. The molecule has 1 aromatic rings. The van der Waals surface area contributed by atoms with Crippen LogP contribution < -0.4 is 9.62 Å². The van der Waals surface area contributed by atoms with E-state index in [1.807, 2.05) is 20.8 Å². The Labute approximate surface area is 142 Å². The lowest BCUT2D eigenvalue weighted by Gasteiger charge is -2.21. The summed E-state index contributed by atoms with van der Waals surface area (Å²) in [5.74, 6) is -0.974. The first-order chi connectivity index (χ1) is 11.1. The van der Waals surface area contributed by atoms with Crippen molar-refractivity contribution in [3.8, 4) is 0 Å². The van der Waals surface area contributed by atoms with E-state index in [4.69, 9.17) is 4.74 Å². The van der Waals surface area contributed by atoms with Crippen LogP contribution in [0.4, 0.5) is 5.69 Å². The summed E-state index contributed by atoms with van der Waals surface area (Å²) >= 11 is 0. The molecule has 8 heteroatoms. The number of hydrogen-bond acceptors (Lipinski definition) is 5. The molecule has 0 saturated carbocycles. The van der Waals surface area contributed by atoms with Gasteiger partial charge >= 0.3 is 5.97 Å². The van der Waals surface area contributed by atoms with E-state index >= 15 is 0 Å². The van der Waals surface area contributed by atoms with Crippen LogP contribution in [-0.4, -0.2) is 45.2 Å². The second kappa shape index (κ2) is 6.80. The number of fused-ring (bicyclic) bond motifs is 1. The topological polar surface area (TPSA) is 92.8 Å². The third kappa shape index (κ3) is 4.05. The molecule has 0 radical (unpaired) electrons. The second-order valence-electron chi connectivity index (χ2n) is 6.25. The van der Waals surface area contributed by atoms with Crippen LogP contribution in [0.1, 0.15) is 36.7 Å². The standard InChI is InChI=1S/C16H22N2O5S/c1-10(2)17-15(19)9-23-16(20)12-5-6-14-13(8-12)7-11(3)18(14)24(4,21)22/h5-6,8,10-11H,7,9H2,1-4H3,(H,17,19)/t11-/m1/s1. The van der Waals surface area contributed by atoms with Crippen molar-refractivity contribution in [3.05, 3.63) is 29.3 Å². The SMILES string of the molecule is CC(C)NC(=O)COC(=O)c1ccc2c(c1)C[C@@H](C)N2S(C)(=O)=O. The number of carbonyl (C=O) groups excluding carboxylic acids is 2. The molecule has 0 fully saturated rings. The number of nitrogens with one attached hydrogen (secondary N) is 1. The van der Waals surface area contributed by atoms with Gasteiger partial charge in [-0.1, -0.05) is 0 Å². The Bertz CT molecular complexity index is 758. The number of amides is 1. The first-order valence-electron chi connectivity index (χ1n) is 7.68.